The normalized spacial score (nSPS) is 11.5. The van der Waals surface area contributed by atoms with Crippen molar-refractivity contribution in [1.29, 1.82) is 0 Å². The second kappa shape index (κ2) is 12.9. The summed E-state index contributed by atoms with van der Waals surface area (Å²) < 4.78 is 57.3. The van der Waals surface area contributed by atoms with E-state index in [1.807, 2.05) is 0 Å². The van der Waals surface area contributed by atoms with Crippen LogP contribution in [0, 0.1) is 0 Å². The van der Waals surface area contributed by atoms with E-state index >= 15 is 0 Å². The average Bonchev–Trinajstić information content (AvgIpc) is 2.56. The van der Waals surface area contributed by atoms with Crippen molar-refractivity contribution >= 4 is 10.1 Å². The third-order valence-electron chi connectivity index (χ3n) is 4.33. The molecule has 0 bridgehead atoms. The molecule has 0 radical (unpaired) electrons. The molecule has 2 N–H and O–H groups in total. The van der Waals surface area contributed by atoms with Crippen molar-refractivity contribution in [1.82, 2.24) is 0 Å². The Balaban J connectivity index is 2.46. The van der Waals surface area contributed by atoms with Gasteiger partial charge in [0.1, 0.15) is 0 Å². The third-order valence-corrected chi connectivity index (χ3v) is 6.14. The van der Waals surface area contributed by atoms with Crippen LogP contribution in [0.15, 0.2) is 23.1 Å². The Morgan fingerprint density at radius 1 is 0.962 bits per heavy atom. The third kappa shape index (κ3) is 9.49. The monoisotopic (exact) mass is 464 g/mol. The molecule has 148 valence electrons. The standard InChI is InChI=1S/C18H30O4S.H2O.O.Zr/c1-2-3-4-5-6-7-8-9-10-11-13-16-14-12-15-17(18(16)19)23(20,21)22;;;/h12,14-15,19H,2-11,13H2,1H3,(H,20,21,22);1H2;;/q;;;+2/p-2. The molecular formula is C18H30O6SZr. The molecule has 1 rings (SSSR count). The first-order valence-corrected chi connectivity index (χ1v) is 13.9. The van der Waals surface area contributed by atoms with E-state index in [4.69, 9.17) is 6.00 Å². The van der Waals surface area contributed by atoms with Crippen molar-refractivity contribution in [2.24, 2.45) is 0 Å². The zero-order chi connectivity index (χ0) is 19.4. The van der Waals surface area contributed by atoms with Crippen LogP contribution in [0.1, 0.15) is 76.7 Å². The van der Waals surface area contributed by atoms with E-state index in [1.165, 1.54) is 57.1 Å². The second-order valence-electron chi connectivity index (χ2n) is 6.52. The van der Waals surface area contributed by atoms with Gasteiger partial charge in [0.15, 0.2) is 0 Å². The zero-order valence-corrected chi connectivity index (χ0v) is 18.7. The van der Waals surface area contributed by atoms with Gasteiger partial charge in [-0.1, -0.05) is 19.8 Å². The minimum atomic E-state index is -4.50. The Hall–Kier alpha value is -0.427. The Bertz CT molecular complexity index is 660. The minimum absolute atomic E-state index is 0.169. The summed E-state index contributed by atoms with van der Waals surface area (Å²) in [7, 11) is -4.50. The van der Waals surface area contributed by atoms with Crippen molar-refractivity contribution in [2.45, 2.75) is 82.4 Å². The van der Waals surface area contributed by atoms with Crippen molar-refractivity contribution in [3.63, 3.8) is 0 Å². The zero-order valence-electron chi connectivity index (χ0n) is 15.4. The summed E-state index contributed by atoms with van der Waals surface area (Å²) >= 11 is -4.27. The van der Waals surface area contributed by atoms with Gasteiger partial charge in [0, 0.05) is 0 Å². The quantitative estimate of drug-likeness (QED) is 0.308. The van der Waals surface area contributed by atoms with Crippen LogP contribution in [-0.4, -0.2) is 16.2 Å². The predicted octanol–water partition coefficient (Wildman–Crippen LogP) is 4.56. The molecule has 6 nitrogen and oxygen atoms in total. The number of aryl methyl sites for hydroxylation is 1. The molecule has 1 aromatic carbocycles. The summed E-state index contributed by atoms with van der Waals surface area (Å²) in [6.07, 6.45) is 12.4. The van der Waals surface area contributed by atoms with Gasteiger partial charge in [-0.2, -0.15) is 0 Å². The number of para-hydroxylation sites is 1. The van der Waals surface area contributed by atoms with Crippen LogP contribution in [0.25, 0.3) is 0 Å². The Labute approximate surface area is 166 Å². The molecule has 0 spiro atoms. The van der Waals surface area contributed by atoms with Gasteiger partial charge in [-0.05, 0) is 0 Å². The fourth-order valence-corrected chi connectivity index (χ4v) is 4.83. The molecule has 1 aromatic rings. The van der Waals surface area contributed by atoms with Crippen LogP contribution in [0.4, 0.5) is 0 Å². The number of rotatable bonds is 14. The van der Waals surface area contributed by atoms with Crippen LogP contribution < -0.4 is 2.81 Å². The molecule has 0 saturated carbocycles. The van der Waals surface area contributed by atoms with Gasteiger partial charge in [-0.3, -0.25) is 0 Å². The molecule has 0 aromatic heterocycles. The first-order chi connectivity index (χ1) is 12.4. The first-order valence-electron chi connectivity index (χ1n) is 9.36. The Kier molecular flexibility index (Phi) is 11.7. The molecule has 0 aliphatic carbocycles. The summed E-state index contributed by atoms with van der Waals surface area (Å²) in [5.74, 6) is -0.169. The van der Waals surface area contributed by atoms with Crippen LogP contribution in [0.5, 0.6) is 5.75 Å². The molecular weight excluding hydrogens is 435 g/mol. The molecule has 0 amide bonds. The van der Waals surface area contributed by atoms with E-state index in [0.717, 1.165) is 19.3 Å². The molecule has 0 heterocycles. The van der Waals surface area contributed by atoms with Gasteiger partial charge in [-0.15, -0.1) is 0 Å². The van der Waals surface area contributed by atoms with Crippen LogP contribution in [-0.2, 0) is 42.0 Å². The van der Waals surface area contributed by atoms with E-state index in [2.05, 4.69) is 6.92 Å². The molecule has 0 fully saturated rings. The van der Waals surface area contributed by atoms with Crippen LogP contribution in [0.3, 0.4) is 0 Å². The molecule has 0 aliphatic rings. The average molecular weight is 466 g/mol. The van der Waals surface area contributed by atoms with Crippen molar-refractivity contribution < 1.29 is 44.4 Å². The molecule has 8 heteroatoms. The molecule has 0 atom stereocenters. The summed E-state index contributed by atoms with van der Waals surface area (Å²) in [6.45, 7) is 2.21. The summed E-state index contributed by atoms with van der Waals surface area (Å²) in [5, 5.41) is 0. The maximum absolute atomic E-state index is 11.4. The van der Waals surface area contributed by atoms with E-state index < -0.39 is 37.6 Å². The number of benzene rings is 1. The number of hydrogen-bond donors (Lipinski definition) is 2. The van der Waals surface area contributed by atoms with E-state index in [1.54, 1.807) is 6.07 Å². The van der Waals surface area contributed by atoms with Gasteiger partial charge in [0.2, 0.25) is 0 Å². The number of hydrogen-bond acceptors (Lipinski definition) is 4. The maximum atomic E-state index is 11.4. The SMILES string of the molecule is CCCCCCCCCCCCc1cccc(S(=O)(=O)O)c1[O][Zr](=[O])[OH]. The van der Waals surface area contributed by atoms with E-state index in [-0.39, 0.29) is 5.75 Å². The Morgan fingerprint density at radius 2 is 1.50 bits per heavy atom. The van der Waals surface area contributed by atoms with E-state index in [9.17, 15) is 15.8 Å². The summed E-state index contributed by atoms with van der Waals surface area (Å²) in [5.41, 5.74) is 0.544. The fraction of sp³-hybridized carbons (Fsp3) is 0.667. The van der Waals surface area contributed by atoms with E-state index in [0.29, 0.717) is 12.0 Å². The van der Waals surface area contributed by atoms with Crippen molar-refractivity contribution in [3.05, 3.63) is 23.8 Å². The topological polar surface area (TPSA) is 101 Å². The Morgan fingerprint density at radius 3 is 2.00 bits per heavy atom. The van der Waals surface area contributed by atoms with Crippen LogP contribution >= 0.6 is 0 Å². The fourth-order valence-electron chi connectivity index (χ4n) is 2.97. The number of unbranched alkanes of at least 4 members (excludes halogenated alkanes) is 9. The molecule has 0 unspecified atom stereocenters. The predicted molar refractivity (Wildman–Crippen MR) is 95.3 cm³/mol. The molecule has 26 heavy (non-hydrogen) atoms. The summed E-state index contributed by atoms with van der Waals surface area (Å²) in [6, 6.07) is 4.36. The molecule has 0 aliphatic heterocycles. The second-order valence-corrected chi connectivity index (χ2v) is 9.72. The van der Waals surface area contributed by atoms with Gasteiger partial charge in [0.25, 0.3) is 0 Å². The van der Waals surface area contributed by atoms with Gasteiger partial charge in [0.05, 0.1) is 0 Å². The first kappa shape index (κ1) is 23.6. The van der Waals surface area contributed by atoms with Gasteiger partial charge in [-0.25, -0.2) is 0 Å². The van der Waals surface area contributed by atoms with Crippen LogP contribution in [0.2, 0.25) is 0 Å². The van der Waals surface area contributed by atoms with Crippen molar-refractivity contribution in [2.75, 3.05) is 0 Å². The van der Waals surface area contributed by atoms with Gasteiger partial charge < -0.3 is 0 Å². The molecule has 0 saturated heterocycles. The summed E-state index contributed by atoms with van der Waals surface area (Å²) in [4.78, 5) is -0.440. The van der Waals surface area contributed by atoms with Gasteiger partial charge >= 0.3 is 147 Å². The van der Waals surface area contributed by atoms with Crippen molar-refractivity contribution in [3.8, 4) is 5.75 Å².